The van der Waals surface area contributed by atoms with Gasteiger partial charge in [0.25, 0.3) is 0 Å². The summed E-state index contributed by atoms with van der Waals surface area (Å²) in [7, 11) is 1.25. The zero-order valence-electron chi connectivity index (χ0n) is 11.4. The summed E-state index contributed by atoms with van der Waals surface area (Å²) in [6.07, 6.45) is 2.71. The van der Waals surface area contributed by atoms with Gasteiger partial charge in [-0.25, -0.2) is 0 Å². The fraction of sp³-hybridized carbons (Fsp3) is 0.750. The molecule has 1 rings (SSSR count). The molecule has 1 aromatic rings. The highest BCUT2D eigenvalue weighted by Gasteiger charge is 2.09. The molecule has 0 radical (unpaired) electrons. The SMILES string of the molecule is Cc1nn(C)c(C)c1CNCCC(C)S(C)=O. The van der Waals surface area contributed by atoms with Crippen molar-refractivity contribution in [3.63, 3.8) is 0 Å². The predicted molar refractivity (Wildman–Crippen MR) is 72.5 cm³/mol. The first kappa shape index (κ1) is 14.4. The van der Waals surface area contributed by atoms with Crippen molar-refractivity contribution in [3.05, 3.63) is 17.0 Å². The number of nitrogens with zero attached hydrogens (tertiary/aromatic N) is 2. The van der Waals surface area contributed by atoms with E-state index in [2.05, 4.69) is 17.3 Å². The van der Waals surface area contributed by atoms with E-state index in [9.17, 15) is 4.21 Å². The van der Waals surface area contributed by atoms with E-state index in [1.54, 1.807) is 6.26 Å². The van der Waals surface area contributed by atoms with Crippen molar-refractivity contribution in [2.24, 2.45) is 7.05 Å². The van der Waals surface area contributed by atoms with Crippen molar-refractivity contribution >= 4 is 10.8 Å². The molecule has 0 aliphatic heterocycles. The molecule has 0 amide bonds. The Bertz CT molecular complexity index is 401. The molecule has 98 valence electrons. The average Bonchev–Trinajstić information content (AvgIpc) is 2.49. The van der Waals surface area contributed by atoms with Crippen molar-refractivity contribution in [2.45, 2.75) is 39.0 Å². The molecule has 4 nitrogen and oxygen atoms in total. The molecule has 2 atom stereocenters. The lowest BCUT2D eigenvalue weighted by Gasteiger charge is -2.09. The van der Waals surface area contributed by atoms with Gasteiger partial charge >= 0.3 is 0 Å². The van der Waals surface area contributed by atoms with Gasteiger partial charge in [0, 0.05) is 47.2 Å². The smallest absolute Gasteiger partial charge is 0.0641 e. The second kappa shape index (κ2) is 6.31. The molecule has 0 fully saturated rings. The van der Waals surface area contributed by atoms with Crippen molar-refractivity contribution in [3.8, 4) is 0 Å². The summed E-state index contributed by atoms with van der Waals surface area (Å²) in [6, 6.07) is 0. The van der Waals surface area contributed by atoms with E-state index in [0.717, 1.165) is 25.2 Å². The molecular formula is C12H23N3OS. The lowest BCUT2D eigenvalue weighted by atomic mass is 10.2. The highest BCUT2D eigenvalue weighted by Crippen LogP contribution is 2.11. The van der Waals surface area contributed by atoms with E-state index in [0.29, 0.717) is 0 Å². The topological polar surface area (TPSA) is 46.9 Å². The first-order valence-electron chi connectivity index (χ1n) is 5.95. The average molecular weight is 257 g/mol. The van der Waals surface area contributed by atoms with Gasteiger partial charge in [-0.3, -0.25) is 8.89 Å². The van der Waals surface area contributed by atoms with Gasteiger partial charge in [-0.2, -0.15) is 5.10 Å². The van der Waals surface area contributed by atoms with Crippen molar-refractivity contribution in [2.75, 3.05) is 12.8 Å². The Kier molecular flexibility index (Phi) is 5.33. The molecule has 0 bridgehead atoms. The Balaban J connectivity index is 2.39. The van der Waals surface area contributed by atoms with Gasteiger partial charge in [0.05, 0.1) is 5.69 Å². The van der Waals surface area contributed by atoms with Crippen LogP contribution >= 0.6 is 0 Å². The minimum Gasteiger partial charge on any atom is -0.312 e. The third-order valence-corrected chi connectivity index (χ3v) is 4.62. The molecule has 0 aromatic carbocycles. The minimum absolute atomic E-state index is 0.263. The molecule has 17 heavy (non-hydrogen) atoms. The molecule has 0 aliphatic rings. The van der Waals surface area contributed by atoms with Crippen LogP contribution in [0.1, 0.15) is 30.3 Å². The lowest BCUT2D eigenvalue weighted by molar-refractivity contribution is 0.626. The highest BCUT2D eigenvalue weighted by molar-refractivity contribution is 7.84. The highest BCUT2D eigenvalue weighted by atomic mass is 32.2. The molecule has 0 spiro atoms. The van der Waals surface area contributed by atoms with Crippen LogP contribution in [0.15, 0.2) is 0 Å². The second-order valence-corrected chi connectivity index (χ2v) is 6.35. The quantitative estimate of drug-likeness (QED) is 0.781. The van der Waals surface area contributed by atoms with Gasteiger partial charge in [0.15, 0.2) is 0 Å². The van der Waals surface area contributed by atoms with Crippen molar-refractivity contribution < 1.29 is 4.21 Å². The maximum Gasteiger partial charge on any atom is 0.0641 e. The summed E-state index contributed by atoms with van der Waals surface area (Å²) in [5, 5.41) is 8.04. The van der Waals surface area contributed by atoms with Crippen LogP contribution in [0.25, 0.3) is 0 Å². The second-order valence-electron chi connectivity index (χ2n) is 4.55. The Morgan fingerprint density at radius 1 is 1.47 bits per heavy atom. The molecule has 1 N–H and O–H groups in total. The summed E-state index contributed by atoms with van der Waals surface area (Å²) in [5.41, 5.74) is 3.57. The van der Waals surface area contributed by atoms with E-state index < -0.39 is 10.8 Å². The fourth-order valence-corrected chi connectivity index (χ4v) is 2.21. The third kappa shape index (κ3) is 3.92. The molecule has 2 unspecified atom stereocenters. The van der Waals surface area contributed by atoms with Gasteiger partial charge in [-0.15, -0.1) is 0 Å². The summed E-state index contributed by atoms with van der Waals surface area (Å²) < 4.78 is 13.1. The summed E-state index contributed by atoms with van der Waals surface area (Å²) in [4.78, 5) is 0. The third-order valence-electron chi connectivity index (χ3n) is 3.25. The Hall–Kier alpha value is -0.680. The van der Waals surface area contributed by atoms with E-state index in [4.69, 9.17) is 0 Å². The van der Waals surface area contributed by atoms with Crippen LogP contribution in [-0.2, 0) is 24.4 Å². The Morgan fingerprint density at radius 3 is 2.59 bits per heavy atom. The zero-order valence-corrected chi connectivity index (χ0v) is 12.2. The lowest BCUT2D eigenvalue weighted by Crippen LogP contribution is -2.21. The predicted octanol–water partition coefficient (Wildman–Crippen LogP) is 1.28. The summed E-state index contributed by atoms with van der Waals surface area (Å²) >= 11 is 0. The van der Waals surface area contributed by atoms with Crippen molar-refractivity contribution in [1.82, 2.24) is 15.1 Å². The van der Waals surface area contributed by atoms with E-state index in [1.165, 1.54) is 11.3 Å². The molecule has 0 saturated carbocycles. The first-order chi connectivity index (χ1) is 7.93. The molecule has 0 saturated heterocycles. The van der Waals surface area contributed by atoms with Crippen LogP contribution in [0, 0.1) is 13.8 Å². The maximum absolute atomic E-state index is 11.2. The van der Waals surface area contributed by atoms with Crippen LogP contribution in [0.5, 0.6) is 0 Å². The van der Waals surface area contributed by atoms with Gasteiger partial charge in [0.2, 0.25) is 0 Å². The van der Waals surface area contributed by atoms with E-state index in [-0.39, 0.29) is 5.25 Å². The van der Waals surface area contributed by atoms with E-state index >= 15 is 0 Å². The van der Waals surface area contributed by atoms with Crippen LogP contribution in [-0.4, -0.2) is 32.0 Å². The summed E-state index contributed by atoms with van der Waals surface area (Å²) in [6.45, 7) is 7.88. The molecular weight excluding hydrogens is 234 g/mol. The van der Waals surface area contributed by atoms with Crippen LogP contribution in [0.3, 0.4) is 0 Å². The number of hydrogen-bond acceptors (Lipinski definition) is 3. The molecule has 5 heteroatoms. The van der Waals surface area contributed by atoms with Gasteiger partial charge in [0.1, 0.15) is 0 Å². The number of aryl methyl sites for hydroxylation is 2. The standard InChI is InChI=1S/C12H23N3OS/c1-9(17(5)16)6-7-13-8-12-10(2)14-15(4)11(12)3/h9,13H,6-8H2,1-5H3. The van der Waals surface area contributed by atoms with Crippen LogP contribution in [0.4, 0.5) is 0 Å². The van der Waals surface area contributed by atoms with Crippen LogP contribution < -0.4 is 5.32 Å². The van der Waals surface area contributed by atoms with Crippen LogP contribution in [0.2, 0.25) is 0 Å². The van der Waals surface area contributed by atoms with Gasteiger partial charge in [-0.1, -0.05) is 6.92 Å². The summed E-state index contributed by atoms with van der Waals surface area (Å²) in [5.74, 6) is 0. The minimum atomic E-state index is -0.719. The number of hydrogen-bond donors (Lipinski definition) is 1. The number of rotatable bonds is 6. The molecule has 0 aliphatic carbocycles. The molecule has 1 aromatic heterocycles. The van der Waals surface area contributed by atoms with E-state index in [1.807, 2.05) is 25.6 Å². The fourth-order valence-electron chi connectivity index (χ4n) is 1.76. The van der Waals surface area contributed by atoms with Gasteiger partial charge in [-0.05, 0) is 26.8 Å². The monoisotopic (exact) mass is 257 g/mol. The first-order valence-corrected chi connectivity index (χ1v) is 7.57. The molecule has 1 heterocycles. The Labute approximate surface area is 106 Å². The maximum atomic E-state index is 11.2. The number of aromatic nitrogens is 2. The van der Waals surface area contributed by atoms with Gasteiger partial charge < -0.3 is 5.32 Å². The number of nitrogens with one attached hydrogen (secondary N) is 1. The zero-order chi connectivity index (χ0) is 13.0. The largest absolute Gasteiger partial charge is 0.312 e. The Morgan fingerprint density at radius 2 is 2.12 bits per heavy atom. The normalized spacial score (nSPS) is 14.9. The van der Waals surface area contributed by atoms with Crippen molar-refractivity contribution in [1.29, 1.82) is 0 Å².